The van der Waals surface area contributed by atoms with E-state index in [0.717, 1.165) is 23.1 Å². The Morgan fingerprint density at radius 2 is 2.24 bits per heavy atom. The van der Waals surface area contributed by atoms with Gasteiger partial charge in [0.2, 0.25) is 5.88 Å². The first-order valence-electron chi connectivity index (χ1n) is 5.61. The molecule has 6 heteroatoms. The molecule has 1 heterocycles. The summed E-state index contributed by atoms with van der Waals surface area (Å²) in [6.45, 7) is 3.71. The molecule has 1 rings (SSSR count). The van der Waals surface area contributed by atoms with Gasteiger partial charge in [0.1, 0.15) is 0 Å². The summed E-state index contributed by atoms with van der Waals surface area (Å²) in [5.74, 6) is 0.949. The van der Waals surface area contributed by atoms with E-state index in [9.17, 15) is 0 Å². The van der Waals surface area contributed by atoms with Gasteiger partial charge in [0.15, 0.2) is 5.13 Å². The van der Waals surface area contributed by atoms with Gasteiger partial charge in [-0.05, 0) is 5.92 Å². The summed E-state index contributed by atoms with van der Waals surface area (Å²) in [7, 11) is 5.56. The van der Waals surface area contributed by atoms with Crippen LogP contribution in [0.15, 0.2) is 0 Å². The quantitative estimate of drug-likeness (QED) is 0.763. The van der Waals surface area contributed by atoms with Gasteiger partial charge in [-0.2, -0.15) is 4.98 Å². The Morgan fingerprint density at radius 1 is 1.53 bits per heavy atom. The molecule has 5 nitrogen and oxygen atoms in total. The highest BCUT2D eigenvalue weighted by molar-refractivity contribution is 7.15. The first-order chi connectivity index (χ1) is 8.08. The third-order valence-electron chi connectivity index (χ3n) is 2.32. The van der Waals surface area contributed by atoms with Gasteiger partial charge in [-0.25, -0.2) is 0 Å². The smallest absolute Gasteiger partial charge is 0.230 e. The molecule has 2 N–H and O–H groups in total. The number of methoxy groups -OCH3 is 1. The van der Waals surface area contributed by atoms with Crippen LogP contribution in [0.25, 0.3) is 0 Å². The number of nitrogens with zero attached hydrogens (tertiary/aromatic N) is 2. The van der Waals surface area contributed by atoms with E-state index >= 15 is 0 Å². The third kappa shape index (κ3) is 4.14. The number of hydrogen-bond donors (Lipinski definition) is 2. The molecule has 0 radical (unpaired) electrons. The van der Waals surface area contributed by atoms with E-state index < -0.39 is 0 Å². The molecule has 17 heavy (non-hydrogen) atoms. The predicted octanol–water partition coefficient (Wildman–Crippen LogP) is 0.936. The predicted molar refractivity (Wildman–Crippen MR) is 70.9 cm³/mol. The minimum Gasteiger partial charge on any atom is -0.480 e. The number of aliphatic hydroxyl groups excluding tert-OH is 1. The van der Waals surface area contributed by atoms with E-state index in [1.807, 2.05) is 25.9 Å². The van der Waals surface area contributed by atoms with E-state index in [0.29, 0.717) is 5.88 Å². The third-order valence-corrected chi connectivity index (χ3v) is 3.52. The second-order valence-corrected chi connectivity index (χ2v) is 5.30. The summed E-state index contributed by atoms with van der Waals surface area (Å²) in [6, 6.07) is 0. The maximum Gasteiger partial charge on any atom is 0.230 e. The molecule has 0 aliphatic rings. The van der Waals surface area contributed by atoms with Gasteiger partial charge in [0, 0.05) is 33.8 Å². The van der Waals surface area contributed by atoms with Crippen LogP contribution in [0, 0.1) is 5.92 Å². The van der Waals surface area contributed by atoms with E-state index in [1.165, 1.54) is 0 Å². The molecule has 1 unspecified atom stereocenters. The van der Waals surface area contributed by atoms with Gasteiger partial charge in [0.25, 0.3) is 0 Å². The Labute approximate surface area is 106 Å². The lowest BCUT2D eigenvalue weighted by Crippen LogP contribution is -2.22. The normalized spacial score (nSPS) is 12.5. The van der Waals surface area contributed by atoms with Gasteiger partial charge in [-0.15, -0.1) is 0 Å². The van der Waals surface area contributed by atoms with Crippen molar-refractivity contribution < 1.29 is 9.84 Å². The van der Waals surface area contributed by atoms with Crippen molar-refractivity contribution in [2.24, 2.45) is 5.92 Å². The second-order valence-electron chi connectivity index (χ2n) is 4.24. The molecule has 1 aromatic rings. The Morgan fingerprint density at radius 3 is 2.76 bits per heavy atom. The van der Waals surface area contributed by atoms with Crippen LogP contribution < -0.4 is 15.0 Å². The second kappa shape index (κ2) is 6.78. The number of aromatic nitrogens is 1. The summed E-state index contributed by atoms with van der Waals surface area (Å²) in [6.07, 6.45) is 0. The summed E-state index contributed by atoms with van der Waals surface area (Å²) < 4.78 is 5.24. The summed E-state index contributed by atoms with van der Waals surface area (Å²) in [4.78, 5) is 7.43. The number of aliphatic hydroxyl groups is 1. The molecular formula is C11H21N3O2S. The Kier molecular flexibility index (Phi) is 5.67. The van der Waals surface area contributed by atoms with Crippen molar-refractivity contribution in [1.29, 1.82) is 0 Å². The zero-order valence-electron chi connectivity index (χ0n) is 10.9. The molecule has 0 bridgehead atoms. The van der Waals surface area contributed by atoms with Gasteiger partial charge in [-0.1, -0.05) is 18.3 Å². The Hall–Kier alpha value is -0.850. The van der Waals surface area contributed by atoms with Gasteiger partial charge < -0.3 is 20.1 Å². The number of rotatable bonds is 7. The monoisotopic (exact) mass is 259 g/mol. The van der Waals surface area contributed by atoms with Crippen molar-refractivity contribution in [2.45, 2.75) is 13.5 Å². The van der Waals surface area contributed by atoms with E-state index in [-0.39, 0.29) is 12.5 Å². The van der Waals surface area contributed by atoms with E-state index in [1.54, 1.807) is 18.4 Å². The standard InChI is InChI=1S/C11H21N3O2S/c1-8(7-15)5-12-6-9-10(16-4)13-11(17-9)14(2)3/h8,12,15H,5-7H2,1-4H3. The maximum absolute atomic E-state index is 8.93. The van der Waals surface area contributed by atoms with Crippen molar-refractivity contribution in [3.05, 3.63) is 4.88 Å². The van der Waals surface area contributed by atoms with Gasteiger partial charge >= 0.3 is 0 Å². The van der Waals surface area contributed by atoms with Crippen LogP contribution in [0.3, 0.4) is 0 Å². The van der Waals surface area contributed by atoms with Gasteiger partial charge in [0.05, 0.1) is 12.0 Å². The molecule has 0 spiro atoms. The SMILES string of the molecule is COc1nc(N(C)C)sc1CNCC(C)CO. The first-order valence-corrected chi connectivity index (χ1v) is 6.42. The number of nitrogens with one attached hydrogen (secondary N) is 1. The lowest BCUT2D eigenvalue weighted by molar-refractivity contribution is 0.233. The average molecular weight is 259 g/mol. The fourth-order valence-corrected chi connectivity index (χ4v) is 2.21. The molecule has 98 valence electrons. The topological polar surface area (TPSA) is 57.6 Å². The zero-order chi connectivity index (χ0) is 12.8. The highest BCUT2D eigenvalue weighted by Crippen LogP contribution is 2.30. The lowest BCUT2D eigenvalue weighted by atomic mass is 10.2. The summed E-state index contributed by atoms with van der Waals surface area (Å²) >= 11 is 1.62. The minimum absolute atomic E-state index is 0.204. The molecule has 0 saturated heterocycles. The number of ether oxygens (including phenoxy) is 1. The van der Waals surface area contributed by atoms with E-state index in [2.05, 4.69) is 10.3 Å². The number of thiazole rings is 1. The van der Waals surface area contributed by atoms with Crippen molar-refractivity contribution in [3.8, 4) is 5.88 Å². The summed E-state index contributed by atoms with van der Waals surface area (Å²) in [5, 5.41) is 13.2. The fraction of sp³-hybridized carbons (Fsp3) is 0.727. The Bertz CT molecular complexity index is 341. The molecular weight excluding hydrogens is 238 g/mol. The average Bonchev–Trinajstić information content (AvgIpc) is 2.72. The number of hydrogen-bond acceptors (Lipinski definition) is 6. The molecule has 1 aromatic heterocycles. The van der Waals surface area contributed by atoms with Crippen molar-refractivity contribution in [3.63, 3.8) is 0 Å². The molecule has 0 amide bonds. The molecule has 0 aromatic carbocycles. The molecule has 0 aliphatic heterocycles. The van der Waals surface area contributed by atoms with Gasteiger partial charge in [-0.3, -0.25) is 0 Å². The van der Waals surface area contributed by atoms with Crippen molar-refractivity contribution in [1.82, 2.24) is 10.3 Å². The minimum atomic E-state index is 0.204. The van der Waals surface area contributed by atoms with Crippen LogP contribution in [0.1, 0.15) is 11.8 Å². The Balaban J connectivity index is 2.57. The molecule has 0 fully saturated rings. The van der Waals surface area contributed by atoms with Crippen molar-refractivity contribution >= 4 is 16.5 Å². The molecule has 1 atom stereocenters. The summed E-state index contributed by atoms with van der Waals surface area (Å²) in [5.41, 5.74) is 0. The molecule has 0 saturated carbocycles. The van der Waals surface area contributed by atoms with Crippen LogP contribution in [0.2, 0.25) is 0 Å². The van der Waals surface area contributed by atoms with E-state index in [4.69, 9.17) is 9.84 Å². The van der Waals surface area contributed by atoms with Crippen LogP contribution >= 0.6 is 11.3 Å². The maximum atomic E-state index is 8.93. The lowest BCUT2D eigenvalue weighted by Gasteiger charge is -2.08. The first kappa shape index (κ1) is 14.2. The zero-order valence-corrected chi connectivity index (χ0v) is 11.7. The van der Waals surface area contributed by atoms with Crippen LogP contribution in [0.5, 0.6) is 5.88 Å². The highest BCUT2D eigenvalue weighted by atomic mass is 32.1. The fourth-order valence-electron chi connectivity index (χ4n) is 1.29. The highest BCUT2D eigenvalue weighted by Gasteiger charge is 2.12. The molecule has 0 aliphatic carbocycles. The van der Waals surface area contributed by atoms with Crippen LogP contribution in [0.4, 0.5) is 5.13 Å². The van der Waals surface area contributed by atoms with Crippen LogP contribution in [-0.4, -0.2) is 44.4 Å². The van der Waals surface area contributed by atoms with Crippen LogP contribution in [-0.2, 0) is 6.54 Å². The van der Waals surface area contributed by atoms with Crippen molar-refractivity contribution in [2.75, 3.05) is 39.3 Å². The largest absolute Gasteiger partial charge is 0.480 e. The number of anilines is 1.